The van der Waals surface area contributed by atoms with Crippen molar-refractivity contribution in [3.63, 3.8) is 0 Å². The quantitative estimate of drug-likeness (QED) is 0.877. The third-order valence-electron chi connectivity index (χ3n) is 2.79. The largest absolute Gasteiger partial charge is 0.378 e. The topological polar surface area (TPSA) is 80.0 Å². The molecule has 2 N–H and O–H groups in total. The summed E-state index contributed by atoms with van der Waals surface area (Å²) in [4.78, 5) is 12.0. The molecule has 2 atom stereocenters. The standard InChI is InChI=1S/C13H14Cl2N4O2/c1-8(5-19-6-16-17-7-19)18-13(21)12(20)9-2-10(14)4-11(15)3-9/h2-4,6-8,12,20H,5H2,1H3,(H,18,21)/t8-,12-/m1/s1. The number of aromatic nitrogens is 3. The van der Waals surface area contributed by atoms with E-state index in [0.29, 0.717) is 22.2 Å². The van der Waals surface area contributed by atoms with E-state index in [4.69, 9.17) is 23.2 Å². The van der Waals surface area contributed by atoms with Crippen molar-refractivity contribution in [3.05, 3.63) is 46.5 Å². The van der Waals surface area contributed by atoms with Gasteiger partial charge in [-0.2, -0.15) is 0 Å². The van der Waals surface area contributed by atoms with E-state index in [9.17, 15) is 9.90 Å². The van der Waals surface area contributed by atoms with Gasteiger partial charge in [-0.3, -0.25) is 4.79 Å². The van der Waals surface area contributed by atoms with Gasteiger partial charge in [0.05, 0.1) is 0 Å². The Balaban J connectivity index is 1.98. The van der Waals surface area contributed by atoms with E-state index >= 15 is 0 Å². The molecule has 2 rings (SSSR count). The van der Waals surface area contributed by atoms with E-state index in [1.807, 2.05) is 6.92 Å². The lowest BCUT2D eigenvalue weighted by Crippen LogP contribution is -2.38. The van der Waals surface area contributed by atoms with Crippen molar-refractivity contribution < 1.29 is 9.90 Å². The number of nitrogens with one attached hydrogen (secondary N) is 1. The Kier molecular flexibility index (Phi) is 5.17. The summed E-state index contributed by atoms with van der Waals surface area (Å²) in [5, 5.41) is 20.8. The molecule has 112 valence electrons. The Morgan fingerprint density at radius 1 is 1.29 bits per heavy atom. The molecule has 21 heavy (non-hydrogen) atoms. The molecule has 0 saturated carbocycles. The number of hydrogen-bond donors (Lipinski definition) is 2. The number of carbonyl (C=O) groups excluding carboxylic acids is 1. The number of rotatable bonds is 5. The van der Waals surface area contributed by atoms with Crippen molar-refractivity contribution in [2.45, 2.75) is 25.6 Å². The van der Waals surface area contributed by atoms with Crippen LogP contribution < -0.4 is 5.32 Å². The Morgan fingerprint density at radius 2 is 1.86 bits per heavy atom. The Morgan fingerprint density at radius 3 is 2.43 bits per heavy atom. The first-order valence-corrected chi connectivity index (χ1v) is 6.98. The molecule has 0 bridgehead atoms. The van der Waals surface area contributed by atoms with Crippen LogP contribution in [0.1, 0.15) is 18.6 Å². The van der Waals surface area contributed by atoms with Crippen molar-refractivity contribution in [1.82, 2.24) is 20.1 Å². The molecular weight excluding hydrogens is 315 g/mol. The van der Waals surface area contributed by atoms with Gasteiger partial charge in [0, 0.05) is 22.6 Å². The van der Waals surface area contributed by atoms with Crippen LogP contribution in [-0.4, -0.2) is 31.8 Å². The van der Waals surface area contributed by atoms with Gasteiger partial charge >= 0.3 is 0 Å². The van der Waals surface area contributed by atoms with Crippen LogP contribution in [0.15, 0.2) is 30.9 Å². The SMILES string of the molecule is C[C@H](Cn1cnnc1)NC(=O)[C@H](O)c1cc(Cl)cc(Cl)c1. The summed E-state index contributed by atoms with van der Waals surface area (Å²) in [6.07, 6.45) is 1.77. The highest BCUT2D eigenvalue weighted by molar-refractivity contribution is 6.34. The average Bonchev–Trinajstić information content (AvgIpc) is 2.89. The first-order chi connectivity index (χ1) is 9.95. The fraction of sp³-hybridized carbons (Fsp3) is 0.308. The van der Waals surface area contributed by atoms with Crippen molar-refractivity contribution >= 4 is 29.1 Å². The molecule has 0 fully saturated rings. The number of halogens is 2. The molecule has 6 nitrogen and oxygen atoms in total. The molecule has 8 heteroatoms. The Hall–Kier alpha value is -1.63. The minimum Gasteiger partial charge on any atom is -0.378 e. The number of benzene rings is 1. The molecule has 0 aliphatic heterocycles. The molecule has 0 spiro atoms. The summed E-state index contributed by atoms with van der Waals surface area (Å²) in [5.74, 6) is -0.520. The van der Waals surface area contributed by atoms with E-state index in [2.05, 4.69) is 15.5 Å². The molecule has 2 aromatic rings. The van der Waals surface area contributed by atoms with Crippen LogP contribution in [0.4, 0.5) is 0 Å². The van der Waals surface area contributed by atoms with Crippen LogP contribution in [0.3, 0.4) is 0 Å². The lowest BCUT2D eigenvalue weighted by molar-refractivity contribution is -0.130. The van der Waals surface area contributed by atoms with Crippen LogP contribution in [0, 0.1) is 0 Å². The highest BCUT2D eigenvalue weighted by Crippen LogP contribution is 2.23. The minimum absolute atomic E-state index is 0.196. The second kappa shape index (κ2) is 6.89. The average molecular weight is 329 g/mol. The third-order valence-corrected chi connectivity index (χ3v) is 3.23. The number of carbonyl (C=O) groups is 1. The van der Waals surface area contributed by atoms with Gasteiger partial charge in [-0.25, -0.2) is 0 Å². The summed E-state index contributed by atoms with van der Waals surface area (Å²) in [5.41, 5.74) is 0.349. The van der Waals surface area contributed by atoms with Crippen molar-refractivity contribution in [3.8, 4) is 0 Å². The zero-order chi connectivity index (χ0) is 15.4. The summed E-state index contributed by atoms with van der Waals surface area (Å²) < 4.78 is 1.73. The number of hydrogen-bond acceptors (Lipinski definition) is 4. The molecule has 1 aromatic heterocycles. The molecule has 0 aliphatic carbocycles. The molecule has 0 unspecified atom stereocenters. The van der Waals surface area contributed by atoms with Crippen molar-refractivity contribution in [2.24, 2.45) is 0 Å². The second-order valence-corrected chi connectivity index (χ2v) is 5.55. The number of aliphatic hydroxyl groups excluding tert-OH is 1. The first-order valence-electron chi connectivity index (χ1n) is 6.22. The smallest absolute Gasteiger partial charge is 0.253 e. The zero-order valence-electron chi connectivity index (χ0n) is 11.2. The summed E-state index contributed by atoms with van der Waals surface area (Å²) in [6.45, 7) is 2.32. The van der Waals surface area contributed by atoms with Crippen LogP contribution in [0.25, 0.3) is 0 Å². The van der Waals surface area contributed by atoms with E-state index in [-0.39, 0.29) is 6.04 Å². The fourth-order valence-electron chi connectivity index (χ4n) is 1.88. The van der Waals surface area contributed by atoms with Gasteiger partial charge in [-0.15, -0.1) is 10.2 Å². The van der Waals surface area contributed by atoms with Gasteiger partial charge in [-0.1, -0.05) is 23.2 Å². The van der Waals surface area contributed by atoms with Gasteiger partial charge in [0.2, 0.25) is 0 Å². The van der Waals surface area contributed by atoms with E-state index in [1.165, 1.54) is 18.2 Å². The molecule has 0 saturated heterocycles. The van der Waals surface area contributed by atoms with Crippen LogP contribution in [0.5, 0.6) is 0 Å². The van der Waals surface area contributed by atoms with Crippen molar-refractivity contribution in [2.75, 3.05) is 0 Å². The van der Waals surface area contributed by atoms with Crippen LogP contribution in [0.2, 0.25) is 10.0 Å². The third kappa shape index (κ3) is 4.42. The van der Waals surface area contributed by atoms with Gasteiger partial charge in [-0.05, 0) is 30.7 Å². The Labute approximate surface area is 131 Å². The maximum atomic E-state index is 12.0. The zero-order valence-corrected chi connectivity index (χ0v) is 12.7. The Bertz CT molecular complexity index is 598. The highest BCUT2D eigenvalue weighted by atomic mass is 35.5. The first kappa shape index (κ1) is 15.8. The second-order valence-electron chi connectivity index (χ2n) is 4.67. The number of nitrogens with zero attached hydrogens (tertiary/aromatic N) is 3. The predicted molar refractivity (Wildman–Crippen MR) is 79.0 cm³/mol. The van der Waals surface area contributed by atoms with Crippen LogP contribution >= 0.6 is 23.2 Å². The predicted octanol–water partition coefficient (Wildman–Crippen LogP) is 1.82. The summed E-state index contributed by atoms with van der Waals surface area (Å²) >= 11 is 11.7. The monoisotopic (exact) mass is 328 g/mol. The maximum Gasteiger partial charge on any atom is 0.253 e. The minimum atomic E-state index is -1.33. The molecule has 1 aromatic carbocycles. The van der Waals surface area contributed by atoms with Gasteiger partial charge in [0.25, 0.3) is 5.91 Å². The lowest BCUT2D eigenvalue weighted by Gasteiger charge is -2.17. The van der Waals surface area contributed by atoms with Gasteiger partial charge in [0.15, 0.2) is 6.10 Å². The molecular formula is C13H14Cl2N4O2. The molecule has 1 heterocycles. The summed E-state index contributed by atoms with van der Waals surface area (Å²) in [7, 11) is 0. The van der Waals surface area contributed by atoms with Crippen molar-refractivity contribution in [1.29, 1.82) is 0 Å². The van der Waals surface area contributed by atoms with E-state index in [1.54, 1.807) is 17.2 Å². The van der Waals surface area contributed by atoms with Gasteiger partial charge in [0.1, 0.15) is 12.7 Å². The number of amides is 1. The highest BCUT2D eigenvalue weighted by Gasteiger charge is 2.20. The molecule has 0 radical (unpaired) electrons. The van der Waals surface area contributed by atoms with E-state index < -0.39 is 12.0 Å². The van der Waals surface area contributed by atoms with E-state index in [0.717, 1.165) is 0 Å². The maximum absolute atomic E-state index is 12.0. The molecule has 0 aliphatic rings. The molecule has 1 amide bonds. The normalized spacial score (nSPS) is 13.7. The van der Waals surface area contributed by atoms with Crippen LogP contribution in [-0.2, 0) is 11.3 Å². The lowest BCUT2D eigenvalue weighted by atomic mass is 10.1. The van der Waals surface area contributed by atoms with Gasteiger partial charge < -0.3 is 15.0 Å². The fourth-order valence-corrected chi connectivity index (χ4v) is 2.43. The number of aliphatic hydroxyl groups is 1. The summed E-state index contributed by atoms with van der Waals surface area (Å²) in [6, 6.07) is 4.34.